The lowest BCUT2D eigenvalue weighted by Crippen LogP contribution is -2.11. The minimum Gasteiger partial charge on any atom is -0.493 e. The van der Waals surface area contributed by atoms with Crippen LogP contribution in [0.4, 0.5) is 5.95 Å². The zero-order chi connectivity index (χ0) is 13.2. The third-order valence-corrected chi connectivity index (χ3v) is 3.19. The summed E-state index contributed by atoms with van der Waals surface area (Å²) in [5, 5.41) is 0. The fraction of sp³-hybridized carbons (Fsp3) is 0.286. The molecule has 1 aliphatic rings. The monoisotopic (exact) mass is 256 g/mol. The van der Waals surface area contributed by atoms with E-state index in [9.17, 15) is 0 Å². The van der Waals surface area contributed by atoms with Crippen molar-refractivity contribution >= 4 is 5.95 Å². The van der Waals surface area contributed by atoms with Gasteiger partial charge in [-0.3, -0.25) is 5.43 Å². The van der Waals surface area contributed by atoms with Crippen molar-refractivity contribution in [3.8, 4) is 17.0 Å². The molecule has 0 fully saturated rings. The maximum atomic E-state index is 5.62. The Morgan fingerprint density at radius 1 is 1.26 bits per heavy atom. The van der Waals surface area contributed by atoms with E-state index in [4.69, 9.17) is 10.6 Å². The number of anilines is 1. The van der Waals surface area contributed by atoms with Crippen LogP contribution >= 0.6 is 0 Å². The van der Waals surface area contributed by atoms with Crippen LogP contribution in [0, 0.1) is 6.92 Å². The third kappa shape index (κ3) is 2.37. The third-order valence-electron chi connectivity index (χ3n) is 3.19. The van der Waals surface area contributed by atoms with Crippen molar-refractivity contribution in [2.45, 2.75) is 19.8 Å². The van der Waals surface area contributed by atoms with E-state index in [0.29, 0.717) is 5.95 Å². The number of nitrogen functional groups attached to an aromatic ring is 1. The lowest BCUT2D eigenvalue weighted by Gasteiger charge is -2.17. The van der Waals surface area contributed by atoms with Crippen LogP contribution in [0.15, 0.2) is 24.3 Å². The molecule has 3 rings (SSSR count). The van der Waals surface area contributed by atoms with E-state index >= 15 is 0 Å². The van der Waals surface area contributed by atoms with E-state index < -0.39 is 0 Å². The van der Waals surface area contributed by atoms with Gasteiger partial charge in [0.05, 0.1) is 12.3 Å². The van der Waals surface area contributed by atoms with E-state index in [-0.39, 0.29) is 0 Å². The van der Waals surface area contributed by atoms with Gasteiger partial charge in [0.2, 0.25) is 5.95 Å². The molecule has 0 aliphatic carbocycles. The summed E-state index contributed by atoms with van der Waals surface area (Å²) in [6, 6.07) is 8.12. The smallest absolute Gasteiger partial charge is 0.237 e. The van der Waals surface area contributed by atoms with Gasteiger partial charge in [-0.1, -0.05) is 0 Å². The highest BCUT2D eigenvalue weighted by Gasteiger charge is 2.12. The molecule has 2 heterocycles. The Hall–Kier alpha value is -2.14. The molecule has 0 amide bonds. The molecule has 5 nitrogen and oxygen atoms in total. The topological polar surface area (TPSA) is 73.1 Å². The zero-order valence-electron chi connectivity index (χ0n) is 10.8. The van der Waals surface area contributed by atoms with Crippen LogP contribution in [0.5, 0.6) is 5.75 Å². The predicted octanol–water partition coefficient (Wildman–Crippen LogP) is 2.06. The van der Waals surface area contributed by atoms with Crippen molar-refractivity contribution in [1.82, 2.24) is 9.97 Å². The summed E-state index contributed by atoms with van der Waals surface area (Å²) in [5.41, 5.74) is 6.54. The minimum atomic E-state index is 0.434. The quantitative estimate of drug-likeness (QED) is 0.635. The molecule has 1 aliphatic heterocycles. The van der Waals surface area contributed by atoms with Gasteiger partial charge < -0.3 is 4.74 Å². The normalized spacial score (nSPS) is 13.6. The Balaban J connectivity index is 2.04. The standard InChI is InChI=1S/C14H16N4O/c1-9-7-12(17-14(16-9)18-15)10-4-5-13-11(8-10)3-2-6-19-13/h4-5,7-8H,2-3,6,15H2,1H3,(H,16,17,18). The largest absolute Gasteiger partial charge is 0.493 e. The second-order valence-corrected chi connectivity index (χ2v) is 4.64. The summed E-state index contributed by atoms with van der Waals surface area (Å²) in [4.78, 5) is 8.58. The number of hydrogen-bond donors (Lipinski definition) is 2. The van der Waals surface area contributed by atoms with Gasteiger partial charge in [0, 0.05) is 11.3 Å². The second kappa shape index (κ2) is 4.85. The van der Waals surface area contributed by atoms with Gasteiger partial charge in [0.15, 0.2) is 0 Å². The number of aryl methyl sites for hydroxylation is 2. The van der Waals surface area contributed by atoms with Crippen LogP contribution in [0.1, 0.15) is 17.7 Å². The molecule has 2 aromatic rings. The van der Waals surface area contributed by atoms with Crippen LogP contribution in [0.25, 0.3) is 11.3 Å². The molecular formula is C14H16N4O. The molecule has 19 heavy (non-hydrogen) atoms. The second-order valence-electron chi connectivity index (χ2n) is 4.64. The first kappa shape index (κ1) is 11.9. The number of aromatic nitrogens is 2. The number of hydrazine groups is 1. The summed E-state index contributed by atoms with van der Waals surface area (Å²) >= 11 is 0. The summed E-state index contributed by atoms with van der Waals surface area (Å²) in [6.45, 7) is 2.73. The molecule has 1 aromatic carbocycles. The van der Waals surface area contributed by atoms with Crippen molar-refractivity contribution in [3.05, 3.63) is 35.5 Å². The number of hydrogen-bond acceptors (Lipinski definition) is 5. The van der Waals surface area contributed by atoms with Gasteiger partial charge in [-0.2, -0.15) is 0 Å². The molecule has 0 saturated carbocycles. The maximum Gasteiger partial charge on any atom is 0.237 e. The number of nitrogens with zero attached hydrogens (tertiary/aromatic N) is 2. The van der Waals surface area contributed by atoms with E-state index in [1.54, 1.807) is 0 Å². The molecule has 3 N–H and O–H groups in total. The van der Waals surface area contributed by atoms with E-state index in [0.717, 1.165) is 42.1 Å². The Morgan fingerprint density at radius 2 is 2.16 bits per heavy atom. The van der Waals surface area contributed by atoms with Crippen molar-refractivity contribution < 1.29 is 4.74 Å². The molecule has 1 aromatic heterocycles. The van der Waals surface area contributed by atoms with Crippen LogP contribution in [0.3, 0.4) is 0 Å². The zero-order valence-corrected chi connectivity index (χ0v) is 10.8. The molecule has 0 atom stereocenters. The summed E-state index contributed by atoms with van der Waals surface area (Å²) in [5.74, 6) is 6.80. The number of nitrogens with two attached hydrogens (primary N) is 1. The lowest BCUT2D eigenvalue weighted by molar-refractivity contribution is 0.288. The molecule has 98 valence electrons. The SMILES string of the molecule is Cc1cc(-c2ccc3c(c2)CCCO3)nc(NN)n1. The van der Waals surface area contributed by atoms with Crippen LogP contribution < -0.4 is 16.0 Å². The van der Waals surface area contributed by atoms with Crippen molar-refractivity contribution in [2.75, 3.05) is 12.0 Å². The van der Waals surface area contributed by atoms with Crippen molar-refractivity contribution in [3.63, 3.8) is 0 Å². The highest BCUT2D eigenvalue weighted by atomic mass is 16.5. The van der Waals surface area contributed by atoms with Gasteiger partial charge in [-0.25, -0.2) is 15.8 Å². The summed E-state index contributed by atoms with van der Waals surface area (Å²) in [7, 11) is 0. The first-order chi connectivity index (χ1) is 9.26. The highest BCUT2D eigenvalue weighted by molar-refractivity contribution is 5.63. The molecule has 0 bridgehead atoms. The highest BCUT2D eigenvalue weighted by Crippen LogP contribution is 2.29. The first-order valence-corrected chi connectivity index (χ1v) is 6.34. The Kier molecular flexibility index (Phi) is 3.05. The summed E-state index contributed by atoms with van der Waals surface area (Å²) < 4.78 is 5.62. The number of fused-ring (bicyclic) bond motifs is 1. The number of rotatable bonds is 2. The average Bonchev–Trinajstić information content (AvgIpc) is 2.46. The predicted molar refractivity (Wildman–Crippen MR) is 73.8 cm³/mol. The number of ether oxygens (including phenoxy) is 1. The van der Waals surface area contributed by atoms with E-state index in [1.807, 2.05) is 25.1 Å². The Labute approximate surface area is 111 Å². The molecule has 0 spiro atoms. The summed E-state index contributed by atoms with van der Waals surface area (Å²) in [6.07, 6.45) is 2.12. The van der Waals surface area contributed by atoms with Gasteiger partial charge in [0.25, 0.3) is 0 Å². The van der Waals surface area contributed by atoms with Crippen LogP contribution in [-0.2, 0) is 6.42 Å². The van der Waals surface area contributed by atoms with Gasteiger partial charge >= 0.3 is 0 Å². The van der Waals surface area contributed by atoms with Gasteiger partial charge in [0.1, 0.15) is 5.75 Å². The molecule has 0 radical (unpaired) electrons. The van der Waals surface area contributed by atoms with Gasteiger partial charge in [-0.15, -0.1) is 0 Å². The molecule has 5 heteroatoms. The molecule has 0 saturated heterocycles. The molecule has 0 unspecified atom stereocenters. The molecular weight excluding hydrogens is 240 g/mol. The maximum absolute atomic E-state index is 5.62. The first-order valence-electron chi connectivity index (χ1n) is 6.34. The number of nitrogens with one attached hydrogen (secondary N) is 1. The van der Waals surface area contributed by atoms with E-state index in [1.165, 1.54) is 5.56 Å². The van der Waals surface area contributed by atoms with Gasteiger partial charge in [-0.05, 0) is 49.6 Å². The Bertz CT molecular complexity index is 612. The lowest BCUT2D eigenvalue weighted by atomic mass is 10.0. The average molecular weight is 256 g/mol. The van der Waals surface area contributed by atoms with Crippen LogP contribution in [-0.4, -0.2) is 16.6 Å². The Morgan fingerprint density at radius 3 is 3.00 bits per heavy atom. The van der Waals surface area contributed by atoms with Crippen molar-refractivity contribution in [1.29, 1.82) is 0 Å². The van der Waals surface area contributed by atoms with Crippen LogP contribution in [0.2, 0.25) is 0 Å². The minimum absolute atomic E-state index is 0.434. The van der Waals surface area contributed by atoms with Crippen molar-refractivity contribution in [2.24, 2.45) is 5.84 Å². The fourth-order valence-electron chi connectivity index (χ4n) is 2.30. The van der Waals surface area contributed by atoms with E-state index in [2.05, 4.69) is 21.5 Å². The fourth-order valence-corrected chi connectivity index (χ4v) is 2.30. The number of benzene rings is 1.